The second kappa shape index (κ2) is 17.7. The first-order chi connectivity index (χ1) is 29.1. The van der Waals surface area contributed by atoms with Gasteiger partial charge in [0.2, 0.25) is 20.0 Å². The number of hydrogen-bond acceptors (Lipinski definition) is 9. The minimum absolute atomic E-state index is 0.0892. The van der Waals surface area contributed by atoms with E-state index in [-0.39, 0.29) is 39.9 Å². The number of benzene rings is 6. The van der Waals surface area contributed by atoms with Gasteiger partial charge in [0, 0.05) is 37.0 Å². The van der Waals surface area contributed by atoms with Crippen LogP contribution in [0, 0.1) is 25.5 Å². The molecule has 0 unspecified atom stereocenters. The molecule has 0 aromatic heterocycles. The monoisotopic (exact) mass is 870 g/mol. The Balaban J connectivity index is 1.10. The molecule has 0 aliphatic carbocycles. The summed E-state index contributed by atoms with van der Waals surface area (Å²) in [4.78, 5) is 27.0. The number of sulfonamides is 2. The van der Waals surface area contributed by atoms with Crippen LogP contribution in [-0.4, -0.2) is 63.6 Å². The van der Waals surface area contributed by atoms with Crippen molar-refractivity contribution in [2.24, 2.45) is 0 Å². The fraction of sp³-hybridized carbons (Fsp3) is 0.261. The lowest BCUT2D eigenvalue weighted by atomic mass is 9.97. The third-order valence-electron chi connectivity index (χ3n) is 10.9. The molecule has 0 atom stereocenters. The van der Waals surface area contributed by atoms with Gasteiger partial charge in [-0.3, -0.25) is 9.59 Å². The molecule has 318 valence electrons. The van der Waals surface area contributed by atoms with Crippen molar-refractivity contribution in [3.63, 3.8) is 0 Å². The first-order valence-corrected chi connectivity index (χ1v) is 22.7. The van der Waals surface area contributed by atoms with E-state index in [1.165, 1.54) is 87.5 Å². The van der Waals surface area contributed by atoms with Crippen LogP contribution in [0.2, 0.25) is 0 Å². The van der Waals surface area contributed by atoms with E-state index < -0.39 is 43.6 Å². The fourth-order valence-corrected chi connectivity index (χ4v) is 10.5. The number of ether oxygens (including phenoxy) is 3. The minimum Gasteiger partial charge on any atom is -0.456 e. The topological polar surface area (TPSA) is 137 Å². The molecule has 1 saturated heterocycles. The van der Waals surface area contributed by atoms with Crippen molar-refractivity contribution in [1.29, 1.82) is 0 Å². The predicted molar refractivity (Wildman–Crippen MR) is 227 cm³/mol. The number of rotatable bonds is 14. The summed E-state index contributed by atoms with van der Waals surface area (Å²) in [5, 5.41) is 1.94. The Kier molecular flexibility index (Phi) is 12.6. The van der Waals surface area contributed by atoms with E-state index >= 15 is 0 Å². The summed E-state index contributed by atoms with van der Waals surface area (Å²) in [5.41, 5.74) is 1.86. The van der Waals surface area contributed by atoms with Crippen LogP contribution in [0.5, 0.6) is 23.0 Å². The second-order valence-corrected chi connectivity index (χ2v) is 18.6. The summed E-state index contributed by atoms with van der Waals surface area (Å²) in [6.07, 6.45) is 0.936. The van der Waals surface area contributed by atoms with Gasteiger partial charge in [0.1, 0.15) is 34.6 Å². The smallest absolute Gasteiger partial charge is 0.317 e. The first kappa shape index (κ1) is 43.4. The highest BCUT2D eigenvalue weighted by Crippen LogP contribution is 2.39. The van der Waals surface area contributed by atoms with Crippen molar-refractivity contribution in [2.45, 2.75) is 63.2 Å². The molecule has 0 bridgehead atoms. The van der Waals surface area contributed by atoms with E-state index in [0.29, 0.717) is 75.7 Å². The van der Waals surface area contributed by atoms with Crippen LogP contribution in [-0.2, 0) is 47.2 Å². The zero-order valence-electron chi connectivity index (χ0n) is 34.0. The van der Waals surface area contributed by atoms with Crippen LogP contribution in [0.3, 0.4) is 0 Å². The van der Waals surface area contributed by atoms with Crippen molar-refractivity contribution in [1.82, 2.24) is 8.61 Å². The number of esters is 2. The second-order valence-electron chi connectivity index (χ2n) is 14.8. The highest BCUT2D eigenvalue weighted by Gasteiger charge is 2.28. The lowest BCUT2D eigenvalue weighted by Crippen LogP contribution is -2.30. The van der Waals surface area contributed by atoms with E-state index in [4.69, 9.17) is 14.2 Å². The summed E-state index contributed by atoms with van der Waals surface area (Å²) < 4.78 is 102. The van der Waals surface area contributed by atoms with Gasteiger partial charge in [-0.2, -0.15) is 8.61 Å². The molecule has 1 aliphatic heterocycles. The maximum absolute atomic E-state index is 14.5. The van der Waals surface area contributed by atoms with Crippen molar-refractivity contribution in [2.75, 3.05) is 26.2 Å². The van der Waals surface area contributed by atoms with E-state index in [1.807, 2.05) is 0 Å². The van der Waals surface area contributed by atoms with Crippen molar-refractivity contribution in [3.05, 3.63) is 131 Å². The van der Waals surface area contributed by atoms with Crippen LogP contribution >= 0.6 is 0 Å². The maximum atomic E-state index is 14.5. The van der Waals surface area contributed by atoms with Crippen molar-refractivity contribution in [3.8, 4) is 23.0 Å². The fourth-order valence-electron chi connectivity index (χ4n) is 7.52. The molecular weight excluding hydrogens is 827 g/mol. The number of hydrogen-bond donors (Lipinski definition) is 0. The summed E-state index contributed by atoms with van der Waals surface area (Å²) in [6, 6.07) is 23.4. The summed E-state index contributed by atoms with van der Waals surface area (Å²) >= 11 is 0. The van der Waals surface area contributed by atoms with Crippen molar-refractivity contribution < 1.29 is 49.4 Å². The quantitative estimate of drug-likeness (QED) is 0.0776. The van der Waals surface area contributed by atoms with Gasteiger partial charge in [0.05, 0.1) is 22.6 Å². The average Bonchev–Trinajstić information content (AvgIpc) is 3.79. The van der Waals surface area contributed by atoms with Gasteiger partial charge < -0.3 is 14.2 Å². The molecule has 1 heterocycles. The zero-order valence-corrected chi connectivity index (χ0v) is 35.7. The SMILES string of the molecule is CCN(CC)S(=O)(=O)c1ccc(Oc2c(C)c(CC(=O)OC(=O)Cc3cc4ccc(F)cc4c(Oc4ccc(S(=O)(=O)N5CCCC5)cc4)c3C)cc3ccc(F)cc23)cc1. The van der Waals surface area contributed by atoms with E-state index in [2.05, 4.69) is 0 Å². The highest BCUT2D eigenvalue weighted by atomic mass is 32.2. The molecule has 0 spiro atoms. The Morgan fingerprint density at radius 3 is 1.48 bits per heavy atom. The van der Waals surface area contributed by atoms with Gasteiger partial charge in [-0.15, -0.1) is 0 Å². The number of fused-ring (bicyclic) bond motifs is 2. The highest BCUT2D eigenvalue weighted by molar-refractivity contribution is 7.89. The van der Waals surface area contributed by atoms with Gasteiger partial charge in [0.15, 0.2) is 0 Å². The summed E-state index contributed by atoms with van der Waals surface area (Å²) in [5.74, 6) is -1.67. The third kappa shape index (κ3) is 9.15. The standard InChI is InChI=1S/C46H44F2N2O9S2/c1-5-49(6-2)60(53,54)39-17-13-37(14-18-39)57-45-29(3)33(23-31-9-11-35(47)27-41(31)45)25-43(51)59-44(52)26-34-24-32-10-12-36(48)28-42(32)46(30(34)4)58-38-15-19-40(20-16-38)61(55,56)50-21-7-8-22-50/h9-20,23-24,27-28H,5-8,21-22,25-26H2,1-4H3. The molecule has 11 nitrogen and oxygen atoms in total. The maximum Gasteiger partial charge on any atom is 0.317 e. The molecule has 1 fully saturated rings. The van der Waals surface area contributed by atoms with Gasteiger partial charge in [-0.05, 0) is 133 Å². The zero-order chi connectivity index (χ0) is 43.6. The first-order valence-electron chi connectivity index (χ1n) is 19.8. The Morgan fingerprint density at radius 1 is 0.623 bits per heavy atom. The van der Waals surface area contributed by atoms with Gasteiger partial charge in [0.25, 0.3) is 0 Å². The molecule has 1 aliphatic rings. The number of carbonyl (C=O) groups is 2. The molecule has 6 aromatic carbocycles. The predicted octanol–water partition coefficient (Wildman–Crippen LogP) is 9.14. The number of halogens is 2. The molecular formula is C46H44F2N2O9S2. The van der Waals surface area contributed by atoms with E-state index in [9.17, 15) is 35.2 Å². The van der Waals surface area contributed by atoms with Gasteiger partial charge in [-0.25, -0.2) is 25.6 Å². The Hall–Kier alpha value is -5.74. The number of nitrogens with zero attached hydrogens (tertiary/aromatic N) is 2. The Labute approximate surface area is 353 Å². The van der Waals surface area contributed by atoms with Crippen molar-refractivity contribution >= 4 is 53.5 Å². The van der Waals surface area contributed by atoms with Crippen LogP contribution in [0.25, 0.3) is 21.5 Å². The Morgan fingerprint density at radius 2 is 1.05 bits per heavy atom. The lowest BCUT2D eigenvalue weighted by molar-refractivity contribution is -0.158. The molecule has 0 saturated carbocycles. The normalized spacial score (nSPS) is 13.6. The lowest BCUT2D eigenvalue weighted by Gasteiger charge is -2.19. The van der Waals surface area contributed by atoms with E-state index in [1.54, 1.807) is 45.9 Å². The molecule has 0 N–H and O–H groups in total. The van der Waals surface area contributed by atoms with Gasteiger partial charge in [-0.1, -0.05) is 38.1 Å². The average molecular weight is 871 g/mol. The van der Waals surface area contributed by atoms with Crippen LogP contribution in [0.15, 0.2) is 107 Å². The van der Waals surface area contributed by atoms with Crippen LogP contribution in [0.4, 0.5) is 8.78 Å². The van der Waals surface area contributed by atoms with Crippen LogP contribution in [0.1, 0.15) is 48.9 Å². The molecule has 0 radical (unpaired) electrons. The van der Waals surface area contributed by atoms with Crippen LogP contribution < -0.4 is 9.47 Å². The molecule has 7 rings (SSSR count). The summed E-state index contributed by atoms with van der Waals surface area (Å²) in [6.45, 7) is 8.43. The molecule has 0 amide bonds. The molecule has 15 heteroatoms. The van der Waals surface area contributed by atoms with Gasteiger partial charge >= 0.3 is 11.9 Å². The molecule has 6 aromatic rings. The third-order valence-corrected chi connectivity index (χ3v) is 14.8. The molecule has 61 heavy (non-hydrogen) atoms. The minimum atomic E-state index is -3.72. The Bertz CT molecular complexity index is 2690. The van der Waals surface area contributed by atoms with E-state index in [0.717, 1.165) is 12.8 Å². The largest absolute Gasteiger partial charge is 0.456 e. The summed E-state index contributed by atoms with van der Waals surface area (Å²) in [7, 11) is -7.37. The number of carbonyl (C=O) groups excluding carboxylic acids is 2.